The van der Waals surface area contributed by atoms with Crippen molar-refractivity contribution in [3.05, 3.63) is 90.1 Å². The molecule has 32 heavy (non-hydrogen) atoms. The lowest BCUT2D eigenvalue weighted by molar-refractivity contribution is 0.515. The average molecular weight is 443 g/mol. The first-order chi connectivity index (χ1) is 15.5. The van der Waals surface area contributed by atoms with Crippen molar-refractivity contribution in [2.75, 3.05) is 23.7 Å². The third kappa shape index (κ3) is 3.18. The number of rotatable bonds is 6. The van der Waals surface area contributed by atoms with Crippen molar-refractivity contribution in [2.45, 2.75) is 24.7 Å². The fraction of sp³-hybridized carbons (Fsp3) is 0.222. The number of nitrogens with two attached hydrogens (primary N) is 2. The molecule has 4 nitrogen and oxygen atoms in total. The largest absolute Gasteiger partial charge is 0.402 e. The zero-order valence-electron chi connectivity index (χ0n) is 18.0. The van der Waals surface area contributed by atoms with Gasteiger partial charge in [0.15, 0.2) is 0 Å². The first-order valence-electron chi connectivity index (χ1n) is 11.0. The quantitative estimate of drug-likeness (QED) is 0.365. The van der Waals surface area contributed by atoms with Gasteiger partial charge in [-0.05, 0) is 47.2 Å². The Morgan fingerprint density at radius 2 is 1.62 bits per heavy atom. The number of hydrogen-bond donors (Lipinski definition) is 2. The van der Waals surface area contributed by atoms with Crippen molar-refractivity contribution in [1.29, 1.82) is 0 Å². The molecule has 0 bridgehead atoms. The molecule has 0 spiro atoms. The van der Waals surface area contributed by atoms with E-state index in [9.17, 15) is 0 Å². The SMILES string of the molecule is C=C(N)C1(CCCCN2CC(Cl)=Nc3c(N)cccc32)c2ccccc2-c2ccccc21. The Hall–Kier alpha value is -3.24. The molecular formula is C27H27ClN4. The van der Waals surface area contributed by atoms with Gasteiger partial charge in [0.1, 0.15) is 10.9 Å². The number of nitrogens with zero attached hydrogens (tertiary/aromatic N) is 2. The van der Waals surface area contributed by atoms with Crippen LogP contribution < -0.4 is 16.4 Å². The number of unbranched alkanes of at least 4 members (excludes halogenated alkanes) is 1. The highest BCUT2D eigenvalue weighted by Gasteiger charge is 2.43. The summed E-state index contributed by atoms with van der Waals surface area (Å²) in [6, 6.07) is 23.1. The number of para-hydroxylation sites is 1. The first-order valence-corrected chi connectivity index (χ1v) is 11.4. The van der Waals surface area contributed by atoms with Crippen molar-refractivity contribution < 1.29 is 0 Å². The summed E-state index contributed by atoms with van der Waals surface area (Å²) in [5, 5.41) is 0.570. The van der Waals surface area contributed by atoms with Gasteiger partial charge in [0.2, 0.25) is 0 Å². The van der Waals surface area contributed by atoms with Gasteiger partial charge < -0.3 is 16.4 Å². The lowest BCUT2D eigenvalue weighted by atomic mass is 9.72. The molecule has 0 saturated heterocycles. The minimum atomic E-state index is -0.351. The van der Waals surface area contributed by atoms with Crippen LogP contribution in [0.4, 0.5) is 17.1 Å². The van der Waals surface area contributed by atoms with Crippen molar-refractivity contribution in [2.24, 2.45) is 10.7 Å². The Balaban J connectivity index is 1.38. The molecule has 1 aliphatic carbocycles. The van der Waals surface area contributed by atoms with Gasteiger partial charge in [0.05, 0.1) is 23.3 Å². The van der Waals surface area contributed by atoms with Gasteiger partial charge >= 0.3 is 0 Å². The van der Waals surface area contributed by atoms with Crippen LogP contribution in [0.5, 0.6) is 0 Å². The van der Waals surface area contributed by atoms with Crippen LogP contribution in [0, 0.1) is 0 Å². The Morgan fingerprint density at radius 1 is 0.969 bits per heavy atom. The standard InChI is InChI=1S/C27H27ClN4/c1-18(29)27(21-11-4-2-9-19(21)20-10-3-5-12-22(20)27)15-6-7-16-32-17-25(28)31-26-23(30)13-8-14-24(26)32/h2-5,8-14H,1,6-7,15-17,29-30H2. The summed E-state index contributed by atoms with van der Waals surface area (Å²) < 4.78 is 0. The van der Waals surface area contributed by atoms with Crippen molar-refractivity contribution in [1.82, 2.24) is 0 Å². The molecular weight excluding hydrogens is 416 g/mol. The molecule has 4 N–H and O–H groups in total. The zero-order valence-corrected chi connectivity index (χ0v) is 18.8. The highest BCUT2D eigenvalue weighted by Crippen LogP contribution is 2.53. The van der Waals surface area contributed by atoms with E-state index in [-0.39, 0.29) is 5.41 Å². The fourth-order valence-corrected chi connectivity index (χ4v) is 5.55. The van der Waals surface area contributed by atoms with Gasteiger partial charge in [-0.15, -0.1) is 0 Å². The Labute approximate surface area is 194 Å². The number of nitrogen functional groups attached to an aromatic ring is 1. The second-order valence-electron chi connectivity index (χ2n) is 8.60. The van der Waals surface area contributed by atoms with Gasteiger partial charge in [0.25, 0.3) is 0 Å². The van der Waals surface area contributed by atoms with E-state index in [1.165, 1.54) is 22.3 Å². The molecule has 0 radical (unpaired) electrons. The molecule has 0 aromatic heterocycles. The van der Waals surface area contributed by atoms with Crippen molar-refractivity contribution in [3.8, 4) is 11.1 Å². The maximum absolute atomic E-state index is 6.53. The Morgan fingerprint density at radius 3 is 2.28 bits per heavy atom. The third-order valence-corrected chi connectivity index (χ3v) is 6.99. The van der Waals surface area contributed by atoms with Crippen LogP contribution in [-0.4, -0.2) is 18.3 Å². The molecule has 1 aliphatic heterocycles. The maximum atomic E-state index is 6.53. The summed E-state index contributed by atoms with van der Waals surface area (Å²) in [5.41, 5.74) is 20.5. The summed E-state index contributed by atoms with van der Waals surface area (Å²) in [7, 11) is 0. The van der Waals surface area contributed by atoms with E-state index >= 15 is 0 Å². The van der Waals surface area contributed by atoms with Crippen LogP contribution in [0.3, 0.4) is 0 Å². The summed E-state index contributed by atoms with van der Waals surface area (Å²) in [6.07, 6.45) is 2.91. The van der Waals surface area contributed by atoms with Gasteiger partial charge in [-0.1, -0.05) is 79.2 Å². The summed E-state index contributed by atoms with van der Waals surface area (Å²) >= 11 is 6.33. The van der Waals surface area contributed by atoms with Gasteiger partial charge in [-0.2, -0.15) is 0 Å². The second kappa shape index (κ2) is 8.03. The van der Waals surface area contributed by atoms with Crippen LogP contribution in [0.15, 0.2) is 84.0 Å². The normalized spacial score (nSPS) is 15.5. The van der Waals surface area contributed by atoms with Gasteiger partial charge in [-0.3, -0.25) is 0 Å². The smallest absolute Gasteiger partial charge is 0.126 e. The molecule has 0 unspecified atom stereocenters. The summed E-state index contributed by atoms with van der Waals surface area (Å²) in [5.74, 6) is 0. The molecule has 5 heteroatoms. The van der Waals surface area contributed by atoms with Gasteiger partial charge in [-0.25, -0.2) is 4.99 Å². The zero-order chi connectivity index (χ0) is 22.3. The topological polar surface area (TPSA) is 67.6 Å². The molecule has 0 fully saturated rings. The van der Waals surface area contributed by atoms with Crippen molar-refractivity contribution >= 4 is 33.8 Å². The molecule has 2 aliphatic rings. The lowest BCUT2D eigenvalue weighted by Crippen LogP contribution is -2.33. The number of benzene rings is 3. The molecule has 0 amide bonds. The fourth-order valence-electron chi connectivity index (χ4n) is 5.32. The van der Waals surface area contributed by atoms with Gasteiger partial charge in [0, 0.05) is 12.2 Å². The molecule has 162 valence electrons. The summed E-state index contributed by atoms with van der Waals surface area (Å²) in [6.45, 7) is 5.73. The van der Waals surface area contributed by atoms with E-state index in [4.69, 9.17) is 23.1 Å². The number of fused-ring (bicyclic) bond motifs is 4. The number of aliphatic imine (C=N–C) groups is 1. The number of hydrogen-bond acceptors (Lipinski definition) is 4. The highest BCUT2D eigenvalue weighted by molar-refractivity contribution is 6.66. The van der Waals surface area contributed by atoms with E-state index in [2.05, 4.69) is 71.1 Å². The minimum absolute atomic E-state index is 0.351. The minimum Gasteiger partial charge on any atom is -0.402 e. The highest BCUT2D eigenvalue weighted by atomic mass is 35.5. The Bertz CT molecular complexity index is 1180. The molecule has 0 atom stereocenters. The number of allylic oxidation sites excluding steroid dienone is 1. The third-order valence-electron chi connectivity index (χ3n) is 6.78. The van der Waals surface area contributed by atoms with Crippen LogP contribution in [0.2, 0.25) is 0 Å². The number of anilines is 2. The number of halogens is 1. The van der Waals surface area contributed by atoms with E-state index in [1.54, 1.807) is 0 Å². The predicted octanol–water partition coefficient (Wildman–Crippen LogP) is 5.97. The molecule has 3 aromatic rings. The maximum Gasteiger partial charge on any atom is 0.126 e. The molecule has 1 heterocycles. The first kappa shape index (κ1) is 20.7. The molecule has 3 aromatic carbocycles. The van der Waals surface area contributed by atoms with Crippen LogP contribution in [-0.2, 0) is 5.41 Å². The monoisotopic (exact) mass is 442 g/mol. The van der Waals surface area contributed by atoms with E-state index in [1.807, 2.05) is 12.1 Å². The van der Waals surface area contributed by atoms with Crippen molar-refractivity contribution in [3.63, 3.8) is 0 Å². The second-order valence-corrected chi connectivity index (χ2v) is 9.04. The van der Waals surface area contributed by atoms with E-state index in [0.717, 1.165) is 37.2 Å². The van der Waals surface area contributed by atoms with Crippen LogP contribution in [0.25, 0.3) is 11.1 Å². The predicted molar refractivity (Wildman–Crippen MR) is 136 cm³/mol. The molecule has 5 rings (SSSR count). The van der Waals surface area contributed by atoms with Crippen LogP contribution >= 0.6 is 11.6 Å². The lowest BCUT2D eigenvalue weighted by Gasteiger charge is -2.33. The Kier molecular flexibility index (Phi) is 5.18. The van der Waals surface area contributed by atoms with Crippen LogP contribution in [0.1, 0.15) is 30.4 Å². The van der Waals surface area contributed by atoms with E-state index < -0.39 is 0 Å². The van der Waals surface area contributed by atoms with E-state index in [0.29, 0.717) is 23.1 Å². The summed E-state index contributed by atoms with van der Waals surface area (Å²) in [4.78, 5) is 6.72. The average Bonchev–Trinajstić information content (AvgIpc) is 3.08. The molecule has 0 saturated carbocycles.